The molecular weight excluding hydrogens is 342 g/mol. The minimum Gasteiger partial charge on any atom is -0.378 e. The number of imidazole rings is 1. The van der Waals surface area contributed by atoms with Crippen LogP contribution in [0.3, 0.4) is 0 Å². The molecular formula is C17H22ClN5O2. The third kappa shape index (κ3) is 3.73. The van der Waals surface area contributed by atoms with Gasteiger partial charge in [0.05, 0.1) is 23.9 Å². The summed E-state index contributed by atoms with van der Waals surface area (Å²) in [6.07, 6.45) is 3.89. The zero-order chi connectivity index (χ0) is 17.2. The Morgan fingerprint density at radius 2 is 1.76 bits per heavy atom. The first-order chi connectivity index (χ1) is 12.2. The van der Waals surface area contributed by atoms with Crippen LogP contribution in [-0.4, -0.2) is 82.6 Å². The predicted octanol–water partition coefficient (Wildman–Crippen LogP) is 1.56. The van der Waals surface area contributed by atoms with Gasteiger partial charge < -0.3 is 18.9 Å². The number of ether oxygens (including phenoxy) is 1. The Morgan fingerprint density at radius 3 is 2.52 bits per heavy atom. The van der Waals surface area contributed by atoms with Gasteiger partial charge in [-0.3, -0.25) is 4.90 Å². The van der Waals surface area contributed by atoms with Gasteiger partial charge in [-0.25, -0.2) is 9.78 Å². The normalized spacial score (nSPS) is 19.6. The number of carbonyl (C=O) groups is 1. The van der Waals surface area contributed by atoms with E-state index in [0.717, 1.165) is 44.1 Å². The smallest absolute Gasteiger partial charge is 0.320 e. The first-order valence-corrected chi connectivity index (χ1v) is 9.04. The van der Waals surface area contributed by atoms with Gasteiger partial charge in [0.15, 0.2) is 0 Å². The highest BCUT2D eigenvalue weighted by Gasteiger charge is 2.26. The highest BCUT2D eigenvalue weighted by molar-refractivity contribution is 6.30. The second-order valence-electron chi connectivity index (χ2n) is 6.49. The van der Waals surface area contributed by atoms with E-state index >= 15 is 0 Å². The maximum absolute atomic E-state index is 12.5. The summed E-state index contributed by atoms with van der Waals surface area (Å²) in [5.74, 6) is 0. The van der Waals surface area contributed by atoms with Crippen molar-refractivity contribution in [3.05, 3.63) is 35.2 Å². The number of nitrogens with zero attached hydrogens (tertiary/aromatic N) is 5. The summed E-state index contributed by atoms with van der Waals surface area (Å²) in [7, 11) is 0. The fourth-order valence-corrected chi connectivity index (χ4v) is 3.54. The van der Waals surface area contributed by atoms with Gasteiger partial charge in [0, 0.05) is 58.2 Å². The van der Waals surface area contributed by atoms with Gasteiger partial charge in [-0.2, -0.15) is 0 Å². The van der Waals surface area contributed by atoms with Crippen LogP contribution < -0.4 is 0 Å². The molecule has 0 spiro atoms. The zero-order valence-electron chi connectivity index (χ0n) is 14.1. The molecule has 0 saturated carbocycles. The van der Waals surface area contributed by atoms with E-state index in [0.29, 0.717) is 31.3 Å². The Hall–Kier alpha value is -1.83. The number of piperazine rings is 1. The minimum absolute atomic E-state index is 0.144. The molecule has 0 unspecified atom stereocenters. The number of halogens is 1. The van der Waals surface area contributed by atoms with E-state index in [9.17, 15) is 4.79 Å². The van der Waals surface area contributed by atoms with E-state index in [2.05, 4.69) is 9.88 Å². The Kier molecular flexibility index (Phi) is 4.78. The first-order valence-electron chi connectivity index (χ1n) is 8.66. The predicted molar refractivity (Wildman–Crippen MR) is 94.8 cm³/mol. The van der Waals surface area contributed by atoms with Gasteiger partial charge in [0.25, 0.3) is 0 Å². The second-order valence-corrected chi connectivity index (χ2v) is 6.93. The molecule has 2 aromatic heterocycles. The van der Waals surface area contributed by atoms with Gasteiger partial charge in [-0.15, -0.1) is 0 Å². The molecule has 2 aliphatic heterocycles. The highest BCUT2D eigenvalue weighted by Crippen LogP contribution is 2.14. The van der Waals surface area contributed by atoms with Crippen molar-refractivity contribution in [2.45, 2.75) is 6.54 Å². The average Bonchev–Trinajstić information content (AvgIpc) is 3.04. The lowest BCUT2D eigenvalue weighted by molar-refractivity contribution is 0.0372. The quantitative estimate of drug-likeness (QED) is 0.812. The summed E-state index contributed by atoms with van der Waals surface area (Å²) in [5.41, 5.74) is 1.93. The molecule has 0 bridgehead atoms. The summed E-state index contributed by atoms with van der Waals surface area (Å²) in [5, 5.41) is 0.701. The summed E-state index contributed by atoms with van der Waals surface area (Å²) in [4.78, 5) is 23.3. The third-order valence-electron chi connectivity index (χ3n) is 4.77. The molecule has 0 atom stereocenters. The van der Waals surface area contributed by atoms with Gasteiger partial charge >= 0.3 is 6.03 Å². The van der Waals surface area contributed by atoms with Crippen molar-refractivity contribution in [2.24, 2.45) is 0 Å². The number of hydrogen-bond acceptors (Lipinski definition) is 4. The van der Waals surface area contributed by atoms with E-state index in [1.807, 2.05) is 38.7 Å². The molecule has 2 amide bonds. The first kappa shape index (κ1) is 16.6. The van der Waals surface area contributed by atoms with Gasteiger partial charge in [-0.1, -0.05) is 11.6 Å². The van der Waals surface area contributed by atoms with E-state index in [1.165, 1.54) is 0 Å². The molecule has 134 valence electrons. The van der Waals surface area contributed by atoms with Crippen LogP contribution in [0.5, 0.6) is 0 Å². The van der Waals surface area contributed by atoms with Crippen molar-refractivity contribution in [2.75, 3.05) is 52.5 Å². The number of urea groups is 1. The van der Waals surface area contributed by atoms with Gasteiger partial charge in [0.2, 0.25) is 0 Å². The minimum atomic E-state index is 0.144. The van der Waals surface area contributed by atoms with E-state index in [-0.39, 0.29) is 6.03 Å². The number of carbonyl (C=O) groups excluding carboxylic acids is 1. The number of fused-ring (bicyclic) bond motifs is 1. The number of morpholine rings is 1. The lowest BCUT2D eigenvalue weighted by Crippen LogP contribution is -2.54. The fraction of sp³-hybridized carbons (Fsp3) is 0.529. The summed E-state index contributed by atoms with van der Waals surface area (Å²) in [6, 6.07) is 3.92. The van der Waals surface area contributed by atoms with Crippen LogP contribution in [-0.2, 0) is 11.3 Å². The maximum Gasteiger partial charge on any atom is 0.320 e. The second kappa shape index (κ2) is 7.19. The topological polar surface area (TPSA) is 53.3 Å². The SMILES string of the molecule is O=C(N1CCOCC1)N1CCN(Cc2cn3cc(Cl)ccc3n2)CC1. The molecule has 2 aromatic rings. The lowest BCUT2D eigenvalue weighted by atomic mass is 10.3. The van der Waals surface area contributed by atoms with Crippen LogP contribution >= 0.6 is 11.6 Å². The molecule has 0 aliphatic carbocycles. The van der Waals surface area contributed by atoms with Crippen LogP contribution in [0.4, 0.5) is 4.79 Å². The number of pyridine rings is 1. The Balaban J connectivity index is 1.32. The summed E-state index contributed by atoms with van der Waals surface area (Å²) in [6.45, 7) is 6.72. The van der Waals surface area contributed by atoms with Crippen molar-refractivity contribution in [3.63, 3.8) is 0 Å². The fourth-order valence-electron chi connectivity index (χ4n) is 3.37. The number of aromatic nitrogens is 2. The van der Waals surface area contributed by atoms with E-state index < -0.39 is 0 Å². The summed E-state index contributed by atoms with van der Waals surface area (Å²) < 4.78 is 7.27. The van der Waals surface area contributed by atoms with Crippen LogP contribution in [0.25, 0.3) is 5.65 Å². The Bertz CT molecular complexity index is 751. The van der Waals surface area contributed by atoms with Gasteiger partial charge in [-0.05, 0) is 12.1 Å². The molecule has 2 fully saturated rings. The number of hydrogen-bond donors (Lipinski definition) is 0. The van der Waals surface area contributed by atoms with Crippen molar-refractivity contribution >= 4 is 23.3 Å². The van der Waals surface area contributed by atoms with Crippen LogP contribution in [0.15, 0.2) is 24.5 Å². The molecule has 0 aromatic carbocycles. The van der Waals surface area contributed by atoms with E-state index in [4.69, 9.17) is 16.3 Å². The van der Waals surface area contributed by atoms with E-state index in [1.54, 1.807) is 0 Å². The molecule has 25 heavy (non-hydrogen) atoms. The Morgan fingerprint density at radius 1 is 1.04 bits per heavy atom. The van der Waals surface area contributed by atoms with Crippen molar-refractivity contribution in [1.82, 2.24) is 24.1 Å². The van der Waals surface area contributed by atoms with Crippen LogP contribution in [0.2, 0.25) is 5.02 Å². The van der Waals surface area contributed by atoms with Crippen molar-refractivity contribution < 1.29 is 9.53 Å². The zero-order valence-corrected chi connectivity index (χ0v) is 14.9. The highest BCUT2D eigenvalue weighted by atomic mass is 35.5. The van der Waals surface area contributed by atoms with Crippen LogP contribution in [0, 0.1) is 0 Å². The molecule has 7 nitrogen and oxygen atoms in total. The molecule has 0 N–H and O–H groups in total. The van der Waals surface area contributed by atoms with Gasteiger partial charge in [0.1, 0.15) is 5.65 Å². The maximum atomic E-state index is 12.5. The molecule has 4 rings (SSSR count). The number of amides is 2. The largest absolute Gasteiger partial charge is 0.378 e. The molecule has 2 aliphatic rings. The molecule has 0 radical (unpaired) electrons. The van der Waals surface area contributed by atoms with Crippen molar-refractivity contribution in [1.29, 1.82) is 0 Å². The monoisotopic (exact) mass is 363 g/mol. The average molecular weight is 364 g/mol. The Labute approximate surface area is 151 Å². The molecule has 2 saturated heterocycles. The molecule has 8 heteroatoms. The van der Waals surface area contributed by atoms with Crippen molar-refractivity contribution in [3.8, 4) is 0 Å². The number of rotatable bonds is 2. The van der Waals surface area contributed by atoms with Crippen LogP contribution in [0.1, 0.15) is 5.69 Å². The standard InChI is InChI=1S/C17H22ClN5O2/c18-14-1-2-16-19-15(13-23(16)11-14)12-20-3-5-21(6-4-20)17(24)22-7-9-25-10-8-22/h1-2,11,13H,3-10,12H2. The third-order valence-corrected chi connectivity index (χ3v) is 5.00. The lowest BCUT2D eigenvalue weighted by Gasteiger charge is -2.38. The summed E-state index contributed by atoms with van der Waals surface area (Å²) >= 11 is 6.02. The molecule has 4 heterocycles.